The maximum Gasteiger partial charge on any atom is 0.109 e. The number of ether oxygens (including phenoxy) is 1. The summed E-state index contributed by atoms with van der Waals surface area (Å²) < 4.78 is 5.78. The molecule has 110 valence electrons. The van der Waals surface area contributed by atoms with Crippen molar-refractivity contribution in [3.8, 4) is 0 Å². The molecule has 0 fully saturated rings. The molecule has 2 nitrogen and oxygen atoms in total. The molecular weight excluding hydrogens is 307 g/mol. The molecule has 0 amide bonds. The third kappa shape index (κ3) is 3.24. The van der Waals surface area contributed by atoms with E-state index in [4.69, 9.17) is 27.9 Å². The van der Waals surface area contributed by atoms with Crippen LogP contribution in [0.4, 0.5) is 0 Å². The van der Waals surface area contributed by atoms with Crippen LogP contribution in [0.1, 0.15) is 22.8 Å². The van der Waals surface area contributed by atoms with Crippen LogP contribution in [0.5, 0.6) is 0 Å². The number of hydrogen-bond acceptors (Lipinski definition) is 2. The summed E-state index contributed by atoms with van der Waals surface area (Å²) in [5.41, 5.74) is 3.19. The van der Waals surface area contributed by atoms with Crippen molar-refractivity contribution in [3.05, 3.63) is 69.2 Å². The Morgan fingerprint density at radius 1 is 1.19 bits per heavy atom. The fourth-order valence-electron chi connectivity index (χ4n) is 2.76. The first-order valence-corrected chi connectivity index (χ1v) is 7.72. The minimum Gasteiger partial charge on any atom is -0.390 e. The summed E-state index contributed by atoms with van der Waals surface area (Å²) in [6, 6.07) is 13.4. The van der Waals surface area contributed by atoms with Gasteiger partial charge in [0.2, 0.25) is 0 Å². The highest BCUT2D eigenvalue weighted by Crippen LogP contribution is 2.32. The van der Waals surface area contributed by atoms with Gasteiger partial charge in [0.05, 0.1) is 12.7 Å². The predicted molar refractivity (Wildman–Crippen MR) is 85.0 cm³/mol. The van der Waals surface area contributed by atoms with Gasteiger partial charge < -0.3 is 9.84 Å². The van der Waals surface area contributed by atoms with Crippen LogP contribution in [-0.2, 0) is 17.6 Å². The molecule has 2 aromatic rings. The molecular formula is C17H16Cl2O2. The molecule has 1 aliphatic heterocycles. The van der Waals surface area contributed by atoms with Crippen LogP contribution in [0.2, 0.25) is 10.0 Å². The number of fused-ring (bicyclic) bond motifs is 1. The van der Waals surface area contributed by atoms with Crippen LogP contribution < -0.4 is 0 Å². The zero-order valence-electron chi connectivity index (χ0n) is 11.4. The van der Waals surface area contributed by atoms with Crippen molar-refractivity contribution < 1.29 is 9.84 Å². The van der Waals surface area contributed by atoms with Crippen molar-refractivity contribution in [3.63, 3.8) is 0 Å². The molecule has 4 heteroatoms. The molecule has 2 unspecified atom stereocenters. The minimum atomic E-state index is -0.634. The first-order chi connectivity index (χ1) is 10.1. The molecule has 0 aliphatic carbocycles. The van der Waals surface area contributed by atoms with Crippen LogP contribution in [0.25, 0.3) is 0 Å². The SMILES string of the molecule is OC(Cc1ccc(Cl)cc1Cl)C1OCCc2ccccc21. The Bertz CT molecular complexity index is 642. The average molecular weight is 323 g/mol. The van der Waals surface area contributed by atoms with Crippen LogP contribution in [0, 0.1) is 0 Å². The summed E-state index contributed by atoms with van der Waals surface area (Å²) in [5, 5.41) is 11.7. The van der Waals surface area contributed by atoms with E-state index in [1.165, 1.54) is 5.56 Å². The first-order valence-electron chi connectivity index (χ1n) is 6.96. The molecule has 2 aromatic carbocycles. The maximum absolute atomic E-state index is 10.6. The highest BCUT2D eigenvalue weighted by Gasteiger charge is 2.27. The lowest BCUT2D eigenvalue weighted by Gasteiger charge is -2.30. The monoisotopic (exact) mass is 322 g/mol. The van der Waals surface area contributed by atoms with Crippen molar-refractivity contribution in [1.82, 2.24) is 0 Å². The molecule has 0 saturated heterocycles. The van der Waals surface area contributed by atoms with E-state index in [2.05, 4.69) is 6.07 Å². The average Bonchev–Trinajstić information content (AvgIpc) is 2.49. The van der Waals surface area contributed by atoms with Gasteiger partial charge in [-0.25, -0.2) is 0 Å². The number of hydrogen-bond donors (Lipinski definition) is 1. The third-order valence-corrected chi connectivity index (χ3v) is 4.41. The van der Waals surface area contributed by atoms with E-state index in [0.717, 1.165) is 17.5 Å². The lowest BCUT2D eigenvalue weighted by atomic mass is 9.92. The minimum absolute atomic E-state index is 0.304. The van der Waals surface area contributed by atoms with Gasteiger partial charge in [0.1, 0.15) is 6.10 Å². The van der Waals surface area contributed by atoms with Gasteiger partial charge in [0, 0.05) is 16.5 Å². The van der Waals surface area contributed by atoms with Gasteiger partial charge in [-0.15, -0.1) is 0 Å². The number of aliphatic hydroxyl groups is 1. The van der Waals surface area contributed by atoms with E-state index in [1.807, 2.05) is 24.3 Å². The third-order valence-electron chi connectivity index (χ3n) is 3.82. The Morgan fingerprint density at radius 3 is 2.81 bits per heavy atom. The zero-order chi connectivity index (χ0) is 14.8. The molecule has 0 aromatic heterocycles. The van der Waals surface area contributed by atoms with Crippen molar-refractivity contribution >= 4 is 23.2 Å². The van der Waals surface area contributed by atoms with Gasteiger partial charge in [-0.1, -0.05) is 53.5 Å². The molecule has 2 atom stereocenters. The second-order valence-electron chi connectivity index (χ2n) is 5.25. The summed E-state index contributed by atoms with van der Waals surface area (Å²) in [6.07, 6.45) is 0.391. The second kappa shape index (κ2) is 6.37. The Balaban J connectivity index is 1.81. The Hall–Kier alpha value is -1.06. The second-order valence-corrected chi connectivity index (χ2v) is 6.09. The van der Waals surface area contributed by atoms with Gasteiger partial charge in [-0.2, -0.15) is 0 Å². The highest BCUT2D eigenvalue weighted by molar-refractivity contribution is 6.35. The fraction of sp³-hybridized carbons (Fsp3) is 0.294. The lowest BCUT2D eigenvalue weighted by Crippen LogP contribution is -2.28. The summed E-state index contributed by atoms with van der Waals surface area (Å²) in [7, 11) is 0. The van der Waals surface area contributed by atoms with Crippen LogP contribution in [0.3, 0.4) is 0 Å². The normalized spacial score (nSPS) is 19.1. The Labute approximate surface area is 134 Å². The number of aliphatic hydroxyl groups excluding tert-OH is 1. The van der Waals surface area contributed by atoms with Crippen molar-refractivity contribution in [2.45, 2.75) is 25.0 Å². The van der Waals surface area contributed by atoms with Gasteiger partial charge in [-0.05, 0) is 35.2 Å². The molecule has 3 rings (SSSR count). The number of rotatable bonds is 3. The van der Waals surface area contributed by atoms with Crippen molar-refractivity contribution in [2.24, 2.45) is 0 Å². The van der Waals surface area contributed by atoms with E-state index in [-0.39, 0.29) is 6.10 Å². The largest absolute Gasteiger partial charge is 0.390 e. The van der Waals surface area contributed by atoms with Gasteiger partial charge in [0.15, 0.2) is 0 Å². The highest BCUT2D eigenvalue weighted by atomic mass is 35.5. The summed E-state index contributed by atoms with van der Waals surface area (Å²) in [4.78, 5) is 0. The van der Waals surface area contributed by atoms with Gasteiger partial charge in [-0.3, -0.25) is 0 Å². The zero-order valence-corrected chi connectivity index (χ0v) is 12.9. The molecule has 1 heterocycles. The standard InChI is InChI=1S/C17H16Cl2O2/c18-13-6-5-12(15(19)10-13)9-16(20)17-14-4-2-1-3-11(14)7-8-21-17/h1-6,10,16-17,20H,7-9H2. The van der Waals surface area contributed by atoms with E-state index in [1.54, 1.807) is 12.1 Å². The molecule has 0 radical (unpaired) electrons. The van der Waals surface area contributed by atoms with Crippen molar-refractivity contribution in [1.29, 1.82) is 0 Å². The topological polar surface area (TPSA) is 29.5 Å². The van der Waals surface area contributed by atoms with Crippen LogP contribution in [0.15, 0.2) is 42.5 Å². The van der Waals surface area contributed by atoms with Crippen LogP contribution in [-0.4, -0.2) is 17.8 Å². The first kappa shape index (κ1) is 14.9. The molecule has 0 spiro atoms. The van der Waals surface area contributed by atoms with E-state index in [9.17, 15) is 5.11 Å². The van der Waals surface area contributed by atoms with Crippen molar-refractivity contribution in [2.75, 3.05) is 6.61 Å². The van der Waals surface area contributed by atoms with Gasteiger partial charge >= 0.3 is 0 Å². The van der Waals surface area contributed by atoms with Gasteiger partial charge in [0.25, 0.3) is 0 Å². The maximum atomic E-state index is 10.6. The molecule has 1 N–H and O–H groups in total. The lowest BCUT2D eigenvalue weighted by molar-refractivity contribution is -0.0460. The van der Waals surface area contributed by atoms with E-state index >= 15 is 0 Å². The van der Waals surface area contributed by atoms with E-state index < -0.39 is 6.10 Å². The summed E-state index contributed by atoms with van der Waals surface area (Å²) >= 11 is 12.1. The molecule has 0 bridgehead atoms. The molecule has 0 saturated carbocycles. The molecule has 21 heavy (non-hydrogen) atoms. The van der Waals surface area contributed by atoms with E-state index in [0.29, 0.717) is 23.1 Å². The van der Waals surface area contributed by atoms with Crippen LogP contribution >= 0.6 is 23.2 Å². The molecule has 1 aliphatic rings. The number of benzene rings is 2. The summed E-state index contributed by atoms with van der Waals surface area (Å²) in [5.74, 6) is 0. The number of halogens is 2. The summed E-state index contributed by atoms with van der Waals surface area (Å²) in [6.45, 7) is 0.632. The fourth-order valence-corrected chi connectivity index (χ4v) is 3.25. The smallest absolute Gasteiger partial charge is 0.109 e. The quantitative estimate of drug-likeness (QED) is 0.917. The predicted octanol–water partition coefficient (Wildman–Crippen LogP) is 4.21. The Morgan fingerprint density at radius 2 is 2.00 bits per heavy atom. The Kier molecular flexibility index (Phi) is 4.51.